The number of amides is 1. The molecule has 1 fully saturated rings. The highest BCUT2D eigenvalue weighted by Crippen LogP contribution is 2.38. The first-order chi connectivity index (χ1) is 12.3. The van der Waals surface area contributed by atoms with Gasteiger partial charge in [0, 0.05) is 0 Å². The molecule has 0 unspecified atom stereocenters. The summed E-state index contributed by atoms with van der Waals surface area (Å²) in [6, 6.07) is 11.2. The van der Waals surface area contributed by atoms with E-state index in [1.165, 1.54) is 23.9 Å². The molecule has 134 valence electrons. The number of halogens is 2. The van der Waals surface area contributed by atoms with E-state index in [0.717, 1.165) is 0 Å². The second kappa shape index (κ2) is 7.81. The quantitative estimate of drug-likeness (QED) is 0.354. The zero-order valence-corrected chi connectivity index (χ0v) is 18.4. The van der Waals surface area contributed by atoms with Crippen LogP contribution in [0, 0.1) is 0 Å². The number of nitrogens with one attached hydrogen (secondary N) is 1. The van der Waals surface area contributed by atoms with E-state index in [0.29, 0.717) is 23.7 Å². The molecule has 1 saturated heterocycles. The van der Waals surface area contributed by atoms with Gasteiger partial charge in [0.2, 0.25) is 0 Å². The van der Waals surface area contributed by atoms with Gasteiger partial charge in [0.15, 0.2) is 5.75 Å². The lowest BCUT2D eigenvalue weighted by atomic mass is 10.2. The Hall–Kier alpha value is -1.20. The van der Waals surface area contributed by atoms with Gasteiger partial charge in [-0.25, -0.2) is 0 Å². The van der Waals surface area contributed by atoms with Crippen molar-refractivity contribution >= 4 is 82.3 Å². The predicted octanol–water partition coefficient (Wildman–Crippen LogP) is 4.47. The van der Waals surface area contributed by atoms with E-state index in [4.69, 9.17) is 16.4 Å². The lowest BCUT2D eigenvalue weighted by molar-refractivity contribution is -0.115. The molecule has 26 heavy (non-hydrogen) atoms. The van der Waals surface area contributed by atoms with Crippen molar-refractivity contribution in [2.24, 2.45) is 0 Å². The van der Waals surface area contributed by atoms with E-state index >= 15 is 0 Å². The Labute approximate surface area is 176 Å². The van der Waals surface area contributed by atoms with Crippen molar-refractivity contribution in [3.05, 3.63) is 61.9 Å². The largest absolute Gasteiger partial charge is 0.377 e. The number of thioether (sulfide) groups is 1. The molecule has 0 radical (unpaired) electrons. The normalized spacial score (nSPS) is 16.0. The molecule has 3 rings (SSSR count). The second-order valence-corrected chi connectivity index (χ2v) is 9.99. The molecule has 0 saturated carbocycles. The summed E-state index contributed by atoms with van der Waals surface area (Å²) < 4.78 is 31.3. The van der Waals surface area contributed by atoms with Crippen LogP contribution in [-0.2, 0) is 14.9 Å². The molecular weight excluding hydrogens is 526 g/mol. The van der Waals surface area contributed by atoms with Crippen LogP contribution in [0.4, 0.5) is 0 Å². The maximum absolute atomic E-state index is 12.4. The smallest absolute Gasteiger partial charge is 0.339 e. The van der Waals surface area contributed by atoms with Crippen molar-refractivity contribution in [3.8, 4) is 5.75 Å². The van der Waals surface area contributed by atoms with Crippen molar-refractivity contribution in [2.45, 2.75) is 4.90 Å². The molecular formula is C16H9Br2NO4S3. The molecule has 1 aliphatic rings. The maximum atomic E-state index is 12.4. The monoisotopic (exact) mass is 533 g/mol. The summed E-state index contributed by atoms with van der Waals surface area (Å²) in [6.07, 6.45) is 1.66. The summed E-state index contributed by atoms with van der Waals surface area (Å²) in [4.78, 5) is 12.3. The van der Waals surface area contributed by atoms with Gasteiger partial charge < -0.3 is 9.50 Å². The molecule has 2 aromatic carbocycles. The molecule has 1 amide bonds. The Kier molecular flexibility index (Phi) is 5.88. The Morgan fingerprint density at radius 3 is 2.27 bits per heavy atom. The summed E-state index contributed by atoms with van der Waals surface area (Å²) >= 11 is 12.8. The van der Waals surface area contributed by atoms with Crippen LogP contribution < -0.4 is 9.50 Å². The Morgan fingerprint density at radius 1 is 1.12 bits per heavy atom. The number of hydrogen-bond donors (Lipinski definition) is 1. The Balaban J connectivity index is 1.92. The second-order valence-electron chi connectivity index (χ2n) is 5.02. The number of rotatable bonds is 4. The fraction of sp³-hybridized carbons (Fsp3) is 0. The van der Waals surface area contributed by atoms with E-state index in [1.54, 1.807) is 36.4 Å². The van der Waals surface area contributed by atoms with Crippen molar-refractivity contribution in [1.29, 1.82) is 0 Å². The highest BCUT2D eigenvalue weighted by molar-refractivity contribution is 9.11. The van der Waals surface area contributed by atoms with Crippen molar-refractivity contribution in [1.82, 2.24) is 5.32 Å². The van der Waals surface area contributed by atoms with Crippen molar-refractivity contribution < 1.29 is 17.4 Å². The average Bonchev–Trinajstić information content (AvgIpc) is 2.89. The van der Waals surface area contributed by atoms with Crippen LogP contribution in [0.25, 0.3) is 6.08 Å². The van der Waals surface area contributed by atoms with Crippen LogP contribution in [0.2, 0.25) is 0 Å². The summed E-state index contributed by atoms with van der Waals surface area (Å²) in [5, 5.41) is 2.54. The fourth-order valence-corrected chi connectivity index (χ4v) is 5.69. The topological polar surface area (TPSA) is 72.5 Å². The highest BCUT2D eigenvalue weighted by Gasteiger charge is 2.23. The van der Waals surface area contributed by atoms with Gasteiger partial charge in [-0.3, -0.25) is 4.79 Å². The zero-order chi connectivity index (χ0) is 18.9. The van der Waals surface area contributed by atoms with Gasteiger partial charge in [-0.05, 0) is 67.8 Å². The van der Waals surface area contributed by atoms with Gasteiger partial charge >= 0.3 is 10.1 Å². The first kappa shape index (κ1) is 19.6. The van der Waals surface area contributed by atoms with Gasteiger partial charge in [0.1, 0.15) is 9.22 Å². The highest BCUT2D eigenvalue weighted by atomic mass is 79.9. The third-order valence-electron chi connectivity index (χ3n) is 3.19. The minimum atomic E-state index is -3.97. The van der Waals surface area contributed by atoms with Crippen LogP contribution in [-0.4, -0.2) is 18.6 Å². The third kappa shape index (κ3) is 4.37. The van der Waals surface area contributed by atoms with E-state index in [1.807, 2.05) is 0 Å². The molecule has 0 bridgehead atoms. The molecule has 0 atom stereocenters. The van der Waals surface area contributed by atoms with Gasteiger partial charge in [-0.2, -0.15) is 8.42 Å². The molecule has 1 heterocycles. The van der Waals surface area contributed by atoms with E-state index < -0.39 is 10.1 Å². The van der Waals surface area contributed by atoms with Crippen molar-refractivity contribution in [3.63, 3.8) is 0 Å². The molecule has 1 N–H and O–H groups in total. The summed E-state index contributed by atoms with van der Waals surface area (Å²) in [5.41, 5.74) is 0.676. The Bertz CT molecular complexity index is 1010. The molecule has 0 aromatic heterocycles. The molecule has 0 aliphatic carbocycles. The van der Waals surface area contributed by atoms with Gasteiger partial charge in [-0.15, -0.1) is 0 Å². The van der Waals surface area contributed by atoms with Gasteiger partial charge in [0.25, 0.3) is 5.91 Å². The summed E-state index contributed by atoms with van der Waals surface area (Å²) in [5.74, 6) is -0.144. The lowest BCUT2D eigenvalue weighted by Gasteiger charge is -2.11. The first-order valence-electron chi connectivity index (χ1n) is 7.00. The van der Waals surface area contributed by atoms with Crippen LogP contribution in [0.15, 0.2) is 61.2 Å². The molecule has 1 aliphatic heterocycles. The van der Waals surface area contributed by atoms with Crippen LogP contribution in [0.3, 0.4) is 0 Å². The number of benzene rings is 2. The zero-order valence-electron chi connectivity index (χ0n) is 12.7. The maximum Gasteiger partial charge on any atom is 0.339 e. The summed E-state index contributed by atoms with van der Waals surface area (Å²) in [6.45, 7) is 0. The molecule has 2 aromatic rings. The van der Waals surface area contributed by atoms with E-state index in [2.05, 4.69) is 37.2 Å². The number of thiocarbonyl (C=S) groups is 1. The lowest BCUT2D eigenvalue weighted by Crippen LogP contribution is -2.17. The number of hydrogen-bond acceptors (Lipinski definition) is 6. The van der Waals surface area contributed by atoms with Gasteiger partial charge in [0.05, 0.1) is 13.9 Å². The molecule has 5 nitrogen and oxygen atoms in total. The van der Waals surface area contributed by atoms with Gasteiger partial charge in [-0.1, -0.05) is 42.2 Å². The number of carbonyl (C=O) groups excluding carboxylic acids is 1. The molecule has 0 spiro atoms. The predicted molar refractivity (Wildman–Crippen MR) is 112 cm³/mol. The number of carbonyl (C=O) groups is 1. The van der Waals surface area contributed by atoms with E-state index in [-0.39, 0.29) is 16.6 Å². The van der Waals surface area contributed by atoms with Crippen molar-refractivity contribution in [2.75, 3.05) is 0 Å². The minimum absolute atomic E-state index is 0.0533. The van der Waals surface area contributed by atoms with E-state index in [9.17, 15) is 13.2 Å². The fourth-order valence-electron chi connectivity index (χ4n) is 2.06. The van der Waals surface area contributed by atoms with Crippen LogP contribution >= 0.6 is 55.8 Å². The Morgan fingerprint density at radius 2 is 1.73 bits per heavy atom. The standard InChI is InChI=1S/C16H9Br2NO4S3/c17-11-6-9(8-13-15(20)19-16(24)25-13)7-12(18)14(11)23-26(21,22)10-4-2-1-3-5-10/h1-8H,(H,19,20,24)/b13-8-. The third-order valence-corrected chi connectivity index (χ3v) is 6.76. The SMILES string of the molecule is O=C1NC(=S)S/C1=C\c1cc(Br)c(OS(=O)(=O)c2ccccc2)c(Br)c1. The summed E-state index contributed by atoms with van der Waals surface area (Å²) in [7, 11) is -3.97. The first-order valence-corrected chi connectivity index (χ1v) is 11.2. The van der Waals surface area contributed by atoms with Crippen LogP contribution in [0.5, 0.6) is 5.75 Å². The van der Waals surface area contributed by atoms with Crippen LogP contribution in [0.1, 0.15) is 5.56 Å². The average molecular weight is 535 g/mol. The molecule has 10 heteroatoms. The minimum Gasteiger partial charge on any atom is -0.377 e.